The lowest BCUT2D eigenvalue weighted by Gasteiger charge is -2.33. The number of pyridine rings is 1. The third kappa shape index (κ3) is 4.30. The van der Waals surface area contributed by atoms with Crippen LogP contribution < -0.4 is 10.1 Å². The minimum absolute atomic E-state index is 0.261. The summed E-state index contributed by atoms with van der Waals surface area (Å²) in [5.74, 6) is -0.746. The van der Waals surface area contributed by atoms with Crippen LogP contribution in [0.2, 0.25) is 5.02 Å². The van der Waals surface area contributed by atoms with Gasteiger partial charge in [-0.1, -0.05) is 11.6 Å². The van der Waals surface area contributed by atoms with Crippen molar-refractivity contribution in [1.82, 2.24) is 10.3 Å². The summed E-state index contributed by atoms with van der Waals surface area (Å²) < 4.78 is 16.3. The number of amides is 1. The molecule has 1 aliphatic heterocycles. The maximum absolute atomic E-state index is 12.1. The molecule has 0 radical (unpaired) electrons. The highest BCUT2D eigenvalue weighted by Gasteiger charge is 2.29. The molecule has 1 amide bonds. The van der Waals surface area contributed by atoms with Crippen LogP contribution in [0.1, 0.15) is 30.6 Å². The van der Waals surface area contributed by atoms with Crippen molar-refractivity contribution in [3.8, 4) is 5.88 Å². The summed E-state index contributed by atoms with van der Waals surface area (Å²) in [5.41, 5.74) is 0.364. The second-order valence-corrected chi connectivity index (χ2v) is 5.22. The lowest BCUT2D eigenvalue weighted by Crippen LogP contribution is -2.47. The third-order valence-electron chi connectivity index (χ3n) is 3.02. The van der Waals surface area contributed by atoms with Crippen LogP contribution in [0, 0.1) is 0 Å². The second kappa shape index (κ2) is 7.06. The molecule has 0 atom stereocenters. The van der Waals surface area contributed by atoms with E-state index in [4.69, 9.17) is 25.8 Å². The van der Waals surface area contributed by atoms with E-state index in [9.17, 15) is 4.79 Å². The molecule has 0 unspecified atom stereocenters. The van der Waals surface area contributed by atoms with Gasteiger partial charge < -0.3 is 19.5 Å². The fourth-order valence-electron chi connectivity index (χ4n) is 1.91. The van der Waals surface area contributed by atoms with E-state index in [-0.39, 0.29) is 12.5 Å². The average molecular weight is 315 g/mol. The van der Waals surface area contributed by atoms with Crippen LogP contribution in [-0.4, -0.2) is 43.0 Å². The van der Waals surface area contributed by atoms with Crippen LogP contribution in [0.4, 0.5) is 0 Å². The Hall–Kier alpha value is -1.37. The van der Waals surface area contributed by atoms with E-state index >= 15 is 0 Å². The predicted molar refractivity (Wildman–Crippen MR) is 77.7 cm³/mol. The standard InChI is InChI=1S/C14H19ClN2O4/c1-3-19-13-11(15)7-10(8-16-13)12(18)17-9-14(2)20-5-4-6-21-14/h7-8H,3-6,9H2,1-2H3,(H,17,18). The van der Waals surface area contributed by atoms with Gasteiger partial charge in [0.25, 0.3) is 5.91 Å². The summed E-state index contributed by atoms with van der Waals surface area (Å²) in [4.78, 5) is 16.1. The molecule has 1 fully saturated rings. The van der Waals surface area contributed by atoms with E-state index in [0.29, 0.717) is 36.3 Å². The molecule has 0 bridgehead atoms. The van der Waals surface area contributed by atoms with Crippen molar-refractivity contribution in [1.29, 1.82) is 0 Å². The quantitative estimate of drug-likeness (QED) is 0.900. The normalized spacial score (nSPS) is 17.3. The van der Waals surface area contributed by atoms with Crippen molar-refractivity contribution in [2.45, 2.75) is 26.1 Å². The van der Waals surface area contributed by atoms with Gasteiger partial charge in [-0.3, -0.25) is 4.79 Å². The molecule has 0 spiro atoms. The number of nitrogens with one attached hydrogen (secondary N) is 1. The summed E-state index contributed by atoms with van der Waals surface area (Å²) in [6.07, 6.45) is 2.29. The Morgan fingerprint density at radius 3 is 2.86 bits per heavy atom. The molecule has 0 saturated carbocycles. The number of aromatic nitrogens is 1. The van der Waals surface area contributed by atoms with Crippen molar-refractivity contribution in [3.05, 3.63) is 22.8 Å². The van der Waals surface area contributed by atoms with Crippen LogP contribution in [0.15, 0.2) is 12.3 Å². The maximum Gasteiger partial charge on any atom is 0.253 e. The summed E-state index contributed by atoms with van der Waals surface area (Å²) in [7, 11) is 0. The number of nitrogens with zero attached hydrogens (tertiary/aromatic N) is 1. The van der Waals surface area contributed by atoms with E-state index < -0.39 is 5.79 Å². The minimum atomic E-state index is -0.781. The van der Waals surface area contributed by atoms with Crippen molar-refractivity contribution < 1.29 is 19.0 Å². The molecule has 6 nitrogen and oxygen atoms in total. The molecule has 0 aromatic carbocycles. The lowest BCUT2D eigenvalue weighted by molar-refractivity contribution is -0.251. The number of hydrogen-bond acceptors (Lipinski definition) is 5. The number of rotatable bonds is 5. The van der Waals surface area contributed by atoms with E-state index in [1.807, 2.05) is 6.92 Å². The van der Waals surface area contributed by atoms with Gasteiger partial charge in [0.2, 0.25) is 5.88 Å². The Morgan fingerprint density at radius 1 is 1.52 bits per heavy atom. The van der Waals surface area contributed by atoms with Gasteiger partial charge in [0.15, 0.2) is 5.79 Å². The molecular formula is C14H19ClN2O4. The highest BCUT2D eigenvalue weighted by Crippen LogP contribution is 2.22. The van der Waals surface area contributed by atoms with Crippen LogP contribution in [-0.2, 0) is 9.47 Å². The van der Waals surface area contributed by atoms with Gasteiger partial charge in [-0.2, -0.15) is 0 Å². The molecule has 116 valence electrons. The maximum atomic E-state index is 12.1. The van der Waals surface area contributed by atoms with Crippen LogP contribution in [0.5, 0.6) is 5.88 Å². The number of carbonyl (C=O) groups is 1. The number of halogens is 1. The van der Waals surface area contributed by atoms with Crippen molar-refractivity contribution >= 4 is 17.5 Å². The topological polar surface area (TPSA) is 69.7 Å². The zero-order valence-electron chi connectivity index (χ0n) is 12.1. The van der Waals surface area contributed by atoms with Gasteiger partial charge in [-0.15, -0.1) is 0 Å². The molecule has 1 saturated heterocycles. The monoisotopic (exact) mass is 314 g/mol. The minimum Gasteiger partial charge on any atom is -0.477 e. The summed E-state index contributed by atoms with van der Waals surface area (Å²) in [6.45, 7) is 5.62. The van der Waals surface area contributed by atoms with Crippen LogP contribution in [0.25, 0.3) is 0 Å². The molecule has 0 aliphatic carbocycles. The Balaban J connectivity index is 1.95. The highest BCUT2D eigenvalue weighted by atomic mass is 35.5. The van der Waals surface area contributed by atoms with Crippen LogP contribution >= 0.6 is 11.6 Å². The van der Waals surface area contributed by atoms with Gasteiger partial charge in [0, 0.05) is 6.20 Å². The first-order valence-electron chi connectivity index (χ1n) is 6.88. The van der Waals surface area contributed by atoms with Crippen molar-refractivity contribution in [3.63, 3.8) is 0 Å². The van der Waals surface area contributed by atoms with Crippen LogP contribution in [0.3, 0.4) is 0 Å². The largest absolute Gasteiger partial charge is 0.477 e. The van der Waals surface area contributed by atoms with E-state index in [2.05, 4.69) is 10.3 Å². The average Bonchev–Trinajstić information content (AvgIpc) is 2.48. The molecule has 2 heterocycles. The first kappa shape index (κ1) is 16.0. The molecular weight excluding hydrogens is 296 g/mol. The van der Waals surface area contributed by atoms with E-state index in [1.54, 1.807) is 6.92 Å². The molecule has 1 N–H and O–H groups in total. The molecule has 1 aliphatic rings. The Morgan fingerprint density at radius 2 is 2.24 bits per heavy atom. The predicted octanol–water partition coefficient (Wildman–Crippen LogP) is 2.02. The SMILES string of the molecule is CCOc1ncc(C(=O)NCC2(C)OCCCO2)cc1Cl. The highest BCUT2D eigenvalue weighted by molar-refractivity contribution is 6.32. The lowest BCUT2D eigenvalue weighted by atomic mass is 10.2. The van der Waals surface area contributed by atoms with Crippen molar-refractivity contribution in [2.75, 3.05) is 26.4 Å². The molecule has 2 rings (SSSR count). The second-order valence-electron chi connectivity index (χ2n) is 4.81. The zero-order valence-corrected chi connectivity index (χ0v) is 12.9. The molecule has 1 aromatic heterocycles. The van der Waals surface area contributed by atoms with E-state index in [1.165, 1.54) is 12.3 Å². The van der Waals surface area contributed by atoms with E-state index in [0.717, 1.165) is 6.42 Å². The Kier molecular flexibility index (Phi) is 5.39. The van der Waals surface area contributed by atoms with Gasteiger partial charge in [0.1, 0.15) is 5.02 Å². The van der Waals surface area contributed by atoms with Gasteiger partial charge in [0.05, 0.1) is 31.9 Å². The smallest absolute Gasteiger partial charge is 0.253 e. The van der Waals surface area contributed by atoms with Gasteiger partial charge in [-0.25, -0.2) is 4.98 Å². The summed E-state index contributed by atoms with van der Waals surface area (Å²) in [6, 6.07) is 1.53. The first-order chi connectivity index (χ1) is 10.0. The summed E-state index contributed by atoms with van der Waals surface area (Å²) in [5, 5.41) is 3.07. The first-order valence-corrected chi connectivity index (χ1v) is 7.26. The molecule has 7 heteroatoms. The summed E-state index contributed by atoms with van der Waals surface area (Å²) >= 11 is 6.01. The fourth-order valence-corrected chi connectivity index (χ4v) is 2.14. The molecule has 1 aromatic rings. The Bertz CT molecular complexity index is 504. The number of hydrogen-bond donors (Lipinski definition) is 1. The van der Waals surface area contributed by atoms with Gasteiger partial charge in [-0.05, 0) is 26.3 Å². The van der Waals surface area contributed by atoms with Gasteiger partial charge >= 0.3 is 0 Å². The Labute approximate surface area is 128 Å². The zero-order chi connectivity index (χ0) is 15.3. The fraction of sp³-hybridized carbons (Fsp3) is 0.571. The molecule has 21 heavy (non-hydrogen) atoms. The third-order valence-corrected chi connectivity index (χ3v) is 3.29. The van der Waals surface area contributed by atoms with Crippen molar-refractivity contribution in [2.24, 2.45) is 0 Å². The number of ether oxygens (including phenoxy) is 3. The number of carbonyl (C=O) groups excluding carboxylic acids is 1.